The highest BCUT2D eigenvalue weighted by atomic mass is 32.1. The first-order chi connectivity index (χ1) is 5.18. The van der Waals surface area contributed by atoms with Crippen LogP contribution in [0.5, 0.6) is 0 Å². The summed E-state index contributed by atoms with van der Waals surface area (Å²) in [4.78, 5) is 0. The van der Waals surface area contributed by atoms with Gasteiger partial charge in [0.2, 0.25) is 0 Å². The number of aliphatic hydroxyl groups excluding tert-OH is 1. The molecule has 11 heavy (non-hydrogen) atoms. The van der Waals surface area contributed by atoms with Gasteiger partial charge in [0, 0.05) is 12.6 Å². The van der Waals surface area contributed by atoms with Crippen LogP contribution in [-0.4, -0.2) is 28.9 Å². The maximum Gasteiger partial charge on any atom is 0.166 e. The van der Waals surface area contributed by atoms with Crippen molar-refractivity contribution < 1.29 is 5.11 Å². The Kier molecular flexibility index (Phi) is 3.08. The van der Waals surface area contributed by atoms with Crippen LogP contribution in [0.1, 0.15) is 19.8 Å². The Morgan fingerprint density at radius 2 is 2.36 bits per heavy atom. The molecular formula is C7H14N2OS. The first-order valence-corrected chi connectivity index (χ1v) is 4.31. The first kappa shape index (κ1) is 8.74. The molecule has 1 aliphatic rings. The van der Waals surface area contributed by atoms with Crippen LogP contribution in [0, 0.1) is 0 Å². The Balaban J connectivity index is 2.00. The van der Waals surface area contributed by atoms with Gasteiger partial charge in [0.15, 0.2) is 5.11 Å². The quantitative estimate of drug-likeness (QED) is 0.527. The maximum absolute atomic E-state index is 8.90. The smallest absolute Gasteiger partial charge is 0.166 e. The lowest BCUT2D eigenvalue weighted by atomic mass is 10.4. The van der Waals surface area contributed by atoms with Gasteiger partial charge in [-0.1, -0.05) is 0 Å². The van der Waals surface area contributed by atoms with Crippen LogP contribution in [0.3, 0.4) is 0 Å². The van der Waals surface area contributed by atoms with Crippen molar-refractivity contribution >= 4 is 17.3 Å². The second kappa shape index (κ2) is 3.88. The van der Waals surface area contributed by atoms with E-state index in [9.17, 15) is 0 Å². The molecule has 1 rings (SSSR count). The van der Waals surface area contributed by atoms with Crippen molar-refractivity contribution in [2.45, 2.75) is 31.9 Å². The van der Waals surface area contributed by atoms with E-state index in [1.807, 2.05) is 0 Å². The molecule has 3 N–H and O–H groups in total. The number of nitrogens with one attached hydrogen (secondary N) is 2. The van der Waals surface area contributed by atoms with Crippen molar-refractivity contribution in [3.8, 4) is 0 Å². The molecule has 0 aromatic rings. The highest BCUT2D eigenvalue weighted by Gasteiger charge is 2.21. The highest BCUT2D eigenvalue weighted by molar-refractivity contribution is 7.80. The Hall–Kier alpha value is -0.350. The second-order valence-electron chi connectivity index (χ2n) is 2.98. The SMILES string of the molecule is C[C@@H](O)CNC(=S)NC1CC1. The molecule has 0 unspecified atom stereocenters. The van der Waals surface area contributed by atoms with E-state index in [0.717, 1.165) is 0 Å². The van der Waals surface area contributed by atoms with Gasteiger partial charge in [-0.15, -0.1) is 0 Å². The van der Waals surface area contributed by atoms with Gasteiger partial charge in [-0.25, -0.2) is 0 Å². The van der Waals surface area contributed by atoms with Crippen LogP contribution in [0.25, 0.3) is 0 Å². The zero-order valence-corrected chi connectivity index (χ0v) is 7.45. The Morgan fingerprint density at radius 3 is 2.82 bits per heavy atom. The summed E-state index contributed by atoms with van der Waals surface area (Å²) in [7, 11) is 0. The van der Waals surface area contributed by atoms with E-state index in [4.69, 9.17) is 17.3 Å². The highest BCUT2D eigenvalue weighted by Crippen LogP contribution is 2.18. The summed E-state index contributed by atoms with van der Waals surface area (Å²) in [6.07, 6.45) is 2.10. The molecule has 0 saturated heterocycles. The predicted octanol–water partition coefficient (Wildman–Crippen LogP) is -0.00630. The van der Waals surface area contributed by atoms with E-state index in [0.29, 0.717) is 17.7 Å². The molecule has 1 atom stereocenters. The third-order valence-corrected chi connectivity index (χ3v) is 1.73. The summed E-state index contributed by atoms with van der Waals surface area (Å²) in [6, 6.07) is 0.587. The zero-order chi connectivity index (χ0) is 8.27. The van der Waals surface area contributed by atoms with Crippen LogP contribution < -0.4 is 10.6 Å². The van der Waals surface area contributed by atoms with Crippen LogP contribution in [0.15, 0.2) is 0 Å². The molecule has 0 radical (unpaired) electrons. The summed E-state index contributed by atoms with van der Waals surface area (Å²) in [5.74, 6) is 0. The summed E-state index contributed by atoms with van der Waals surface area (Å²) in [5.41, 5.74) is 0. The Morgan fingerprint density at radius 1 is 1.73 bits per heavy atom. The van der Waals surface area contributed by atoms with E-state index in [1.54, 1.807) is 6.92 Å². The fraction of sp³-hybridized carbons (Fsp3) is 0.857. The molecule has 0 aromatic heterocycles. The minimum atomic E-state index is -0.339. The van der Waals surface area contributed by atoms with Crippen LogP contribution in [0.4, 0.5) is 0 Å². The fourth-order valence-corrected chi connectivity index (χ4v) is 0.955. The lowest BCUT2D eigenvalue weighted by molar-refractivity contribution is 0.198. The van der Waals surface area contributed by atoms with Gasteiger partial charge >= 0.3 is 0 Å². The van der Waals surface area contributed by atoms with Gasteiger partial charge < -0.3 is 15.7 Å². The molecule has 3 nitrogen and oxygen atoms in total. The number of hydrogen-bond donors (Lipinski definition) is 3. The monoisotopic (exact) mass is 174 g/mol. The summed E-state index contributed by atoms with van der Waals surface area (Å²) < 4.78 is 0. The lowest BCUT2D eigenvalue weighted by Crippen LogP contribution is -2.39. The standard InChI is InChI=1S/C7H14N2OS/c1-5(10)4-8-7(11)9-6-2-3-6/h5-6,10H,2-4H2,1H3,(H2,8,9,11)/t5-/m1/s1. The fourth-order valence-electron chi connectivity index (χ4n) is 0.705. The molecular weight excluding hydrogens is 160 g/mol. The van der Waals surface area contributed by atoms with E-state index < -0.39 is 0 Å². The van der Waals surface area contributed by atoms with Gasteiger partial charge in [0.25, 0.3) is 0 Å². The molecule has 64 valence electrons. The number of hydrogen-bond acceptors (Lipinski definition) is 2. The van der Waals surface area contributed by atoms with Crippen molar-refractivity contribution in [3.05, 3.63) is 0 Å². The molecule has 0 spiro atoms. The van der Waals surface area contributed by atoms with Gasteiger partial charge in [-0.2, -0.15) is 0 Å². The van der Waals surface area contributed by atoms with Crippen molar-refractivity contribution in [2.24, 2.45) is 0 Å². The molecule has 0 amide bonds. The molecule has 1 aliphatic carbocycles. The molecule has 1 saturated carbocycles. The van der Waals surface area contributed by atoms with Crippen LogP contribution >= 0.6 is 12.2 Å². The molecule has 0 bridgehead atoms. The molecule has 1 fully saturated rings. The minimum Gasteiger partial charge on any atom is -0.392 e. The Labute approximate surface area is 72.2 Å². The lowest BCUT2D eigenvalue weighted by Gasteiger charge is -2.10. The van der Waals surface area contributed by atoms with Gasteiger partial charge in [0.1, 0.15) is 0 Å². The third-order valence-electron chi connectivity index (χ3n) is 1.47. The number of aliphatic hydroxyl groups is 1. The summed E-state index contributed by atoms with van der Waals surface area (Å²) in [6.45, 7) is 2.26. The van der Waals surface area contributed by atoms with E-state index in [2.05, 4.69) is 10.6 Å². The minimum absolute atomic E-state index is 0.339. The van der Waals surface area contributed by atoms with Gasteiger partial charge in [-0.3, -0.25) is 0 Å². The third kappa shape index (κ3) is 4.16. The largest absolute Gasteiger partial charge is 0.392 e. The molecule has 0 aliphatic heterocycles. The normalized spacial score (nSPS) is 19.1. The van der Waals surface area contributed by atoms with Gasteiger partial charge in [-0.05, 0) is 32.0 Å². The first-order valence-electron chi connectivity index (χ1n) is 3.91. The molecule has 0 heterocycles. The summed E-state index contributed by atoms with van der Waals surface area (Å²) in [5, 5.41) is 15.6. The van der Waals surface area contributed by atoms with E-state index in [1.165, 1.54) is 12.8 Å². The van der Waals surface area contributed by atoms with Crippen LogP contribution in [-0.2, 0) is 0 Å². The number of rotatable bonds is 3. The molecule has 0 aromatic carbocycles. The van der Waals surface area contributed by atoms with Crippen molar-refractivity contribution in [1.82, 2.24) is 10.6 Å². The average Bonchev–Trinajstić information content (AvgIpc) is 2.67. The predicted molar refractivity (Wildman–Crippen MR) is 48.4 cm³/mol. The Bertz CT molecular complexity index is 145. The topological polar surface area (TPSA) is 44.3 Å². The van der Waals surface area contributed by atoms with Gasteiger partial charge in [0.05, 0.1) is 6.10 Å². The average molecular weight is 174 g/mol. The van der Waals surface area contributed by atoms with E-state index >= 15 is 0 Å². The maximum atomic E-state index is 8.90. The van der Waals surface area contributed by atoms with Crippen LogP contribution in [0.2, 0.25) is 0 Å². The summed E-state index contributed by atoms with van der Waals surface area (Å²) >= 11 is 4.96. The molecule has 4 heteroatoms. The van der Waals surface area contributed by atoms with Crippen molar-refractivity contribution in [3.63, 3.8) is 0 Å². The zero-order valence-electron chi connectivity index (χ0n) is 6.63. The van der Waals surface area contributed by atoms with Crippen molar-refractivity contribution in [2.75, 3.05) is 6.54 Å². The van der Waals surface area contributed by atoms with Crippen molar-refractivity contribution in [1.29, 1.82) is 0 Å². The number of thiocarbonyl (C=S) groups is 1. The second-order valence-corrected chi connectivity index (χ2v) is 3.39. The van der Waals surface area contributed by atoms with E-state index in [-0.39, 0.29) is 6.10 Å².